The van der Waals surface area contributed by atoms with Gasteiger partial charge in [-0.1, -0.05) is 6.07 Å². The molecule has 6 heteroatoms. The van der Waals surface area contributed by atoms with Gasteiger partial charge in [-0.05, 0) is 42.7 Å². The average molecular weight is 325 g/mol. The van der Waals surface area contributed by atoms with E-state index in [0.29, 0.717) is 18.9 Å². The van der Waals surface area contributed by atoms with Crippen LogP contribution < -0.4 is 20.1 Å². The lowest BCUT2D eigenvalue weighted by molar-refractivity contribution is 0.0995. The Balaban J connectivity index is 1.65. The van der Waals surface area contributed by atoms with Crippen molar-refractivity contribution in [3.05, 3.63) is 47.8 Å². The minimum Gasteiger partial charge on any atom is -0.486 e. The number of anilines is 1. The van der Waals surface area contributed by atoms with E-state index in [0.717, 1.165) is 36.6 Å². The number of hydrogen-bond acceptors (Lipinski definition) is 5. The molecule has 24 heavy (non-hydrogen) atoms. The Kier molecular flexibility index (Phi) is 3.72. The number of aromatic nitrogens is 1. The summed E-state index contributed by atoms with van der Waals surface area (Å²) in [5.41, 5.74) is 7.80. The fourth-order valence-electron chi connectivity index (χ4n) is 3.42. The Morgan fingerprint density at radius 1 is 1.17 bits per heavy atom. The number of ether oxygens (including phenoxy) is 2. The highest BCUT2D eigenvalue weighted by atomic mass is 16.6. The van der Waals surface area contributed by atoms with E-state index in [1.54, 1.807) is 12.3 Å². The highest BCUT2D eigenvalue weighted by Crippen LogP contribution is 2.40. The van der Waals surface area contributed by atoms with E-state index in [4.69, 9.17) is 15.2 Å². The van der Waals surface area contributed by atoms with Gasteiger partial charge in [-0.2, -0.15) is 0 Å². The molecule has 0 bridgehead atoms. The highest BCUT2D eigenvalue weighted by molar-refractivity contribution is 5.91. The van der Waals surface area contributed by atoms with E-state index < -0.39 is 5.91 Å². The van der Waals surface area contributed by atoms with E-state index >= 15 is 0 Å². The summed E-state index contributed by atoms with van der Waals surface area (Å²) < 4.78 is 11.3. The molecule has 1 amide bonds. The van der Waals surface area contributed by atoms with Gasteiger partial charge in [0.25, 0.3) is 5.91 Å². The minimum atomic E-state index is -0.507. The molecule has 4 rings (SSSR count). The summed E-state index contributed by atoms with van der Waals surface area (Å²) >= 11 is 0. The van der Waals surface area contributed by atoms with E-state index in [2.05, 4.69) is 22.0 Å². The Bertz CT molecular complexity index is 778. The summed E-state index contributed by atoms with van der Waals surface area (Å²) in [5, 5.41) is 0. The van der Waals surface area contributed by atoms with Crippen molar-refractivity contribution in [2.45, 2.75) is 18.9 Å². The molecular formula is C18H19N3O3. The third kappa shape index (κ3) is 2.64. The molecule has 1 fully saturated rings. The molecule has 2 aliphatic rings. The molecule has 0 spiro atoms. The van der Waals surface area contributed by atoms with Crippen LogP contribution in [0.15, 0.2) is 36.5 Å². The molecule has 3 heterocycles. The topological polar surface area (TPSA) is 77.7 Å². The van der Waals surface area contributed by atoms with Crippen LogP contribution in [-0.2, 0) is 0 Å². The van der Waals surface area contributed by atoms with Crippen molar-refractivity contribution in [1.29, 1.82) is 0 Å². The van der Waals surface area contributed by atoms with Crippen LogP contribution in [0.3, 0.4) is 0 Å². The van der Waals surface area contributed by atoms with E-state index in [1.165, 1.54) is 5.56 Å². The Labute approximate surface area is 140 Å². The summed E-state index contributed by atoms with van der Waals surface area (Å²) in [6.45, 7) is 2.10. The van der Waals surface area contributed by atoms with Crippen molar-refractivity contribution in [1.82, 2.24) is 4.98 Å². The quantitative estimate of drug-likeness (QED) is 0.937. The average Bonchev–Trinajstić information content (AvgIpc) is 3.11. The van der Waals surface area contributed by atoms with Crippen molar-refractivity contribution < 1.29 is 14.3 Å². The number of nitrogens with two attached hydrogens (primary N) is 1. The predicted octanol–water partition coefficient (Wildman–Crippen LogP) is 2.29. The van der Waals surface area contributed by atoms with Gasteiger partial charge in [0.2, 0.25) is 0 Å². The highest BCUT2D eigenvalue weighted by Gasteiger charge is 2.28. The third-order valence-corrected chi connectivity index (χ3v) is 4.53. The molecule has 1 unspecified atom stereocenters. The Morgan fingerprint density at radius 2 is 2.00 bits per heavy atom. The summed E-state index contributed by atoms with van der Waals surface area (Å²) in [7, 11) is 0. The number of primary amides is 1. The van der Waals surface area contributed by atoms with Crippen molar-refractivity contribution >= 4 is 11.6 Å². The van der Waals surface area contributed by atoms with Crippen LogP contribution in [0.4, 0.5) is 5.69 Å². The molecule has 0 aliphatic carbocycles. The first-order valence-corrected chi connectivity index (χ1v) is 8.14. The fourth-order valence-corrected chi connectivity index (χ4v) is 3.42. The van der Waals surface area contributed by atoms with Crippen molar-refractivity contribution in [2.24, 2.45) is 5.73 Å². The predicted molar refractivity (Wildman–Crippen MR) is 89.5 cm³/mol. The molecule has 2 aromatic rings. The van der Waals surface area contributed by atoms with Gasteiger partial charge in [0.15, 0.2) is 11.5 Å². The van der Waals surface area contributed by atoms with Crippen molar-refractivity contribution in [3.8, 4) is 11.5 Å². The van der Waals surface area contributed by atoms with Gasteiger partial charge in [0.1, 0.15) is 18.9 Å². The van der Waals surface area contributed by atoms with Gasteiger partial charge in [-0.3, -0.25) is 9.78 Å². The molecule has 2 aliphatic heterocycles. The maximum atomic E-state index is 11.4. The van der Waals surface area contributed by atoms with Crippen LogP contribution in [0.1, 0.15) is 34.9 Å². The number of nitrogens with zero attached hydrogens (tertiary/aromatic N) is 2. The van der Waals surface area contributed by atoms with Crippen LogP contribution in [0.25, 0.3) is 0 Å². The zero-order chi connectivity index (χ0) is 16.5. The second kappa shape index (κ2) is 6.03. The zero-order valence-electron chi connectivity index (χ0n) is 13.3. The largest absolute Gasteiger partial charge is 0.486 e. The third-order valence-electron chi connectivity index (χ3n) is 4.53. The Hall–Kier alpha value is -2.76. The zero-order valence-corrected chi connectivity index (χ0v) is 13.3. The first-order chi connectivity index (χ1) is 11.7. The molecule has 1 aromatic carbocycles. The lowest BCUT2D eigenvalue weighted by Crippen LogP contribution is -2.24. The number of carbonyl (C=O) groups excluding carboxylic acids is 1. The van der Waals surface area contributed by atoms with Gasteiger partial charge in [-0.15, -0.1) is 0 Å². The molecule has 2 N–H and O–H groups in total. The monoisotopic (exact) mass is 325 g/mol. The number of rotatable bonds is 3. The van der Waals surface area contributed by atoms with Crippen LogP contribution >= 0.6 is 0 Å². The number of fused-ring (bicyclic) bond motifs is 1. The number of amides is 1. The molecule has 0 radical (unpaired) electrons. The summed E-state index contributed by atoms with van der Waals surface area (Å²) in [6.07, 6.45) is 3.77. The van der Waals surface area contributed by atoms with Crippen LogP contribution in [0, 0.1) is 0 Å². The standard InChI is InChI=1S/C18H19N3O3/c19-18(22)14-11-13(5-6-20-14)21-7-1-2-15(21)12-3-4-16-17(10-12)24-9-8-23-16/h3-6,10-11,15H,1-2,7-9H2,(H2,19,22). The van der Waals surface area contributed by atoms with Crippen LogP contribution in [-0.4, -0.2) is 30.6 Å². The Morgan fingerprint density at radius 3 is 2.83 bits per heavy atom. The van der Waals surface area contributed by atoms with E-state index in [9.17, 15) is 4.79 Å². The molecule has 1 saturated heterocycles. The fraction of sp³-hybridized carbons (Fsp3) is 0.333. The number of benzene rings is 1. The first-order valence-electron chi connectivity index (χ1n) is 8.14. The van der Waals surface area contributed by atoms with Crippen LogP contribution in [0.2, 0.25) is 0 Å². The molecule has 1 atom stereocenters. The number of hydrogen-bond donors (Lipinski definition) is 1. The summed E-state index contributed by atoms with van der Waals surface area (Å²) in [6, 6.07) is 10.0. The lowest BCUT2D eigenvalue weighted by Gasteiger charge is -2.28. The maximum Gasteiger partial charge on any atom is 0.267 e. The second-order valence-electron chi connectivity index (χ2n) is 6.02. The van der Waals surface area contributed by atoms with Gasteiger partial charge in [0.05, 0.1) is 6.04 Å². The second-order valence-corrected chi connectivity index (χ2v) is 6.02. The van der Waals surface area contributed by atoms with Gasteiger partial charge in [-0.25, -0.2) is 0 Å². The molecular weight excluding hydrogens is 306 g/mol. The van der Waals surface area contributed by atoms with Crippen molar-refractivity contribution in [2.75, 3.05) is 24.7 Å². The van der Waals surface area contributed by atoms with Gasteiger partial charge >= 0.3 is 0 Å². The maximum absolute atomic E-state index is 11.4. The molecule has 1 aromatic heterocycles. The van der Waals surface area contributed by atoms with E-state index in [-0.39, 0.29) is 6.04 Å². The number of pyridine rings is 1. The van der Waals surface area contributed by atoms with Crippen molar-refractivity contribution in [3.63, 3.8) is 0 Å². The summed E-state index contributed by atoms with van der Waals surface area (Å²) in [5.74, 6) is 1.10. The van der Waals surface area contributed by atoms with Crippen LogP contribution in [0.5, 0.6) is 11.5 Å². The smallest absolute Gasteiger partial charge is 0.267 e. The van der Waals surface area contributed by atoms with Gasteiger partial charge < -0.3 is 20.1 Å². The SMILES string of the molecule is NC(=O)c1cc(N2CCCC2c2ccc3c(c2)OCCO3)ccn1. The summed E-state index contributed by atoms with van der Waals surface area (Å²) in [4.78, 5) is 17.7. The lowest BCUT2D eigenvalue weighted by atomic mass is 10.0. The van der Waals surface area contributed by atoms with Gasteiger partial charge in [0, 0.05) is 18.4 Å². The minimum absolute atomic E-state index is 0.240. The first kappa shape index (κ1) is 14.8. The number of carbonyl (C=O) groups is 1. The molecule has 0 saturated carbocycles. The van der Waals surface area contributed by atoms with E-state index in [1.807, 2.05) is 12.1 Å². The normalized spacial score (nSPS) is 19.3. The molecule has 124 valence electrons. The molecule has 6 nitrogen and oxygen atoms in total.